The monoisotopic (exact) mass is 978 g/mol. The van der Waals surface area contributed by atoms with E-state index in [1.54, 1.807) is 45.3 Å². The molecule has 0 amide bonds. The molecule has 4 heterocycles. The summed E-state index contributed by atoms with van der Waals surface area (Å²) in [6.07, 6.45) is 12.8. The van der Waals surface area contributed by atoms with E-state index in [2.05, 4.69) is 220 Å². The minimum atomic E-state index is -0.397. The minimum Gasteiger partial charge on any atom is -0.289 e. The normalized spacial score (nSPS) is 16.9. The summed E-state index contributed by atoms with van der Waals surface area (Å²) in [5, 5.41) is 4.25. The fraction of sp³-hybridized carbons (Fsp3) is 0.393. The first-order valence-electron chi connectivity index (χ1n) is 23.8. The highest BCUT2D eigenvalue weighted by Crippen LogP contribution is 2.50. The number of carbonyl (C=O) groups excluding carboxylic acids is 3. The third kappa shape index (κ3) is 10.3. The zero-order valence-electron chi connectivity index (χ0n) is 43.6. The first kappa shape index (κ1) is 51.3. The second kappa shape index (κ2) is 18.0. The van der Waals surface area contributed by atoms with Gasteiger partial charge >= 0.3 is 0 Å². The average Bonchev–Trinajstić information content (AvgIpc) is 4.05. The van der Waals surface area contributed by atoms with E-state index in [4.69, 9.17) is 0 Å². The summed E-state index contributed by atoms with van der Waals surface area (Å²) in [6.45, 7) is 38.3. The molecule has 7 heteroatoms. The molecule has 7 rings (SSSR count). The van der Waals surface area contributed by atoms with Gasteiger partial charge in [0.15, 0.2) is 17.3 Å². The van der Waals surface area contributed by atoms with Crippen LogP contribution < -0.4 is 0 Å². The summed E-state index contributed by atoms with van der Waals surface area (Å²) in [4.78, 5) is 49.5. The Bertz CT molecular complexity index is 2720. The lowest BCUT2D eigenvalue weighted by atomic mass is 9.71. The Labute approximate surface area is 423 Å². The molecule has 68 heavy (non-hydrogen) atoms. The Morgan fingerprint density at radius 3 is 0.691 bits per heavy atom. The molecule has 0 aromatic carbocycles. The molecule has 0 spiro atoms. The fourth-order valence-corrected chi connectivity index (χ4v) is 13.1. The van der Waals surface area contributed by atoms with Crippen molar-refractivity contribution < 1.29 is 14.4 Å². The standard InChI is InChI=1S/C61H70O3S4/c1-56(2,3)38-29-35(30-39(53(38)62)57(4,5)6)50(44-21-19-27-65-44)46-23-25-48(67-46)52(37-33-42(60(13,14)15)55(64)43(34-37)61(16,17)18)49-26-24-47(68-49)51(45-22-20-28-66-45)36-31-40(58(7,8)9)54(63)41(32-36)59(10,11)12/h19-34H,1-18H3. The van der Waals surface area contributed by atoms with Crippen LogP contribution in [-0.2, 0) is 14.4 Å². The quantitative estimate of drug-likeness (QED) is 0.193. The van der Waals surface area contributed by atoms with Crippen LogP contribution in [0.3, 0.4) is 0 Å². The van der Waals surface area contributed by atoms with E-state index in [0.717, 1.165) is 96.1 Å². The second-order valence-electron chi connectivity index (χ2n) is 24.6. The molecule has 0 radical (unpaired) electrons. The van der Waals surface area contributed by atoms with Gasteiger partial charge in [-0.25, -0.2) is 0 Å². The van der Waals surface area contributed by atoms with Gasteiger partial charge in [-0.1, -0.05) is 137 Å². The number of carbonyl (C=O) groups is 3. The van der Waals surface area contributed by atoms with Crippen LogP contribution in [-0.4, -0.2) is 17.3 Å². The smallest absolute Gasteiger partial charge is 0.186 e. The minimum absolute atomic E-state index is 0.103. The maximum Gasteiger partial charge on any atom is 0.186 e. The van der Waals surface area contributed by atoms with E-state index >= 15 is 0 Å². The van der Waals surface area contributed by atoms with Gasteiger partial charge in [0.2, 0.25) is 0 Å². The van der Waals surface area contributed by atoms with Crippen molar-refractivity contribution in [3.05, 3.63) is 175 Å². The van der Waals surface area contributed by atoms with Crippen molar-refractivity contribution in [3.63, 3.8) is 0 Å². The predicted molar refractivity (Wildman–Crippen MR) is 296 cm³/mol. The van der Waals surface area contributed by atoms with Gasteiger partial charge in [0.1, 0.15) is 0 Å². The summed E-state index contributed by atoms with van der Waals surface area (Å²) in [5.74, 6) is 0.340. The van der Waals surface area contributed by atoms with Crippen LogP contribution in [0, 0.1) is 32.5 Å². The van der Waals surface area contributed by atoms with Gasteiger partial charge in [-0.05, 0) is 133 Å². The van der Waals surface area contributed by atoms with E-state index in [-0.39, 0.29) is 39.0 Å². The van der Waals surface area contributed by atoms with E-state index < -0.39 is 10.8 Å². The van der Waals surface area contributed by atoms with Crippen molar-refractivity contribution in [1.29, 1.82) is 0 Å². The van der Waals surface area contributed by atoms with Crippen LogP contribution in [0.2, 0.25) is 0 Å². The molecule has 4 aromatic rings. The lowest BCUT2D eigenvalue weighted by molar-refractivity contribution is -0.114. The molecule has 3 nitrogen and oxygen atoms in total. The predicted octanol–water partition coefficient (Wildman–Crippen LogP) is 17.9. The number of thiophene rings is 4. The van der Waals surface area contributed by atoms with Crippen molar-refractivity contribution in [3.8, 4) is 0 Å². The van der Waals surface area contributed by atoms with Crippen LogP contribution in [0.25, 0.3) is 16.7 Å². The number of Topliss-reactive ketones (excluding diaryl/α,β-unsaturated/α-hetero) is 3. The first-order chi connectivity index (χ1) is 31.3. The van der Waals surface area contributed by atoms with Crippen molar-refractivity contribution in [2.24, 2.45) is 32.5 Å². The second-order valence-corrected chi connectivity index (χ2v) is 28.7. The highest BCUT2D eigenvalue weighted by Gasteiger charge is 2.38. The summed E-state index contributed by atoms with van der Waals surface area (Å²) < 4.78 is 0. The van der Waals surface area contributed by atoms with Gasteiger partial charge in [0, 0.05) is 79.4 Å². The van der Waals surface area contributed by atoms with Gasteiger partial charge in [0.05, 0.1) is 0 Å². The maximum atomic E-state index is 14.5. The average molecular weight is 979 g/mol. The summed E-state index contributed by atoms with van der Waals surface area (Å²) in [5.41, 5.74) is 9.05. The van der Waals surface area contributed by atoms with E-state index in [1.165, 1.54) is 0 Å². The SMILES string of the molecule is CC(C)(C)C1=CC(=C(c2cccs2)c2ccc(C(=C3C=C(C(C)(C)C)C(=O)C(C(C)(C)C)=C3)c3ccc(C(=C4C=C(C(C)(C)C)C(=O)C(C(C)(C)C)=C4)c4cccs4)s3)s2)C=C(C(C)(C)C)C1=O. The van der Waals surface area contributed by atoms with Crippen LogP contribution in [0.1, 0.15) is 154 Å². The molecule has 0 unspecified atom stereocenters. The lowest BCUT2D eigenvalue weighted by Crippen LogP contribution is -2.28. The van der Waals surface area contributed by atoms with Gasteiger partial charge in [-0.3, -0.25) is 14.4 Å². The fourth-order valence-electron chi connectivity index (χ4n) is 8.93. The van der Waals surface area contributed by atoms with Crippen LogP contribution in [0.15, 0.2) is 146 Å². The molecule has 0 N–H and O–H groups in total. The molecule has 3 aliphatic carbocycles. The lowest BCUT2D eigenvalue weighted by Gasteiger charge is -2.32. The highest BCUT2D eigenvalue weighted by molar-refractivity contribution is 7.18. The third-order valence-electron chi connectivity index (χ3n) is 12.7. The van der Waals surface area contributed by atoms with Crippen molar-refractivity contribution in [2.75, 3.05) is 0 Å². The Balaban J connectivity index is 1.56. The third-order valence-corrected chi connectivity index (χ3v) is 16.7. The maximum absolute atomic E-state index is 14.5. The van der Waals surface area contributed by atoms with Crippen LogP contribution in [0.5, 0.6) is 0 Å². The number of hydrogen-bond donors (Lipinski definition) is 0. The topological polar surface area (TPSA) is 51.2 Å². The molecule has 3 aliphatic rings. The first-order valence-corrected chi connectivity index (χ1v) is 27.1. The molecule has 0 saturated carbocycles. The molecule has 0 bridgehead atoms. The number of rotatable bonds is 6. The van der Waals surface area contributed by atoms with Crippen molar-refractivity contribution >= 4 is 79.4 Å². The number of ketones is 3. The number of allylic oxidation sites excluding steroid dienone is 15. The van der Waals surface area contributed by atoms with Crippen molar-refractivity contribution in [2.45, 2.75) is 125 Å². The number of hydrogen-bond acceptors (Lipinski definition) is 7. The summed E-state index contributed by atoms with van der Waals surface area (Å²) in [6, 6.07) is 17.6. The van der Waals surface area contributed by atoms with Gasteiger partial charge in [-0.2, -0.15) is 0 Å². The van der Waals surface area contributed by atoms with Crippen LogP contribution in [0.4, 0.5) is 0 Å². The Morgan fingerprint density at radius 2 is 0.515 bits per heavy atom. The van der Waals surface area contributed by atoms with Gasteiger partial charge in [0.25, 0.3) is 0 Å². The van der Waals surface area contributed by atoms with E-state index in [0.29, 0.717) is 0 Å². The molecule has 4 aromatic heterocycles. The summed E-state index contributed by atoms with van der Waals surface area (Å²) >= 11 is 6.94. The van der Waals surface area contributed by atoms with E-state index in [9.17, 15) is 14.4 Å². The zero-order chi connectivity index (χ0) is 50.3. The summed E-state index contributed by atoms with van der Waals surface area (Å²) in [7, 11) is 0. The molecule has 0 saturated heterocycles. The molecule has 0 fully saturated rings. The molecular formula is C61H70O3S4. The van der Waals surface area contributed by atoms with Crippen LogP contribution >= 0.6 is 45.3 Å². The highest BCUT2D eigenvalue weighted by atomic mass is 32.1. The molecular weight excluding hydrogens is 909 g/mol. The molecule has 356 valence electrons. The van der Waals surface area contributed by atoms with Gasteiger partial charge < -0.3 is 0 Å². The Hall–Kier alpha value is -4.53. The Morgan fingerprint density at radius 1 is 0.309 bits per heavy atom. The Kier molecular flexibility index (Phi) is 13.6. The largest absolute Gasteiger partial charge is 0.289 e. The van der Waals surface area contributed by atoms with Crippen molar-refractivity contribution in [1.82, 2.24) is 0 Å². The zero-order valence-corrected chi connectivity index (χ0v) is 46.9. The molecule has 0 atom stereocenters. The van der Waals surface area contributed by atoms with E-state index in [1.807, 2.05) is 0 Å². The molecule has 0 aliphatic heterocycles. The van der Waals surface area contributed by atoms with Gasteiger partial charge in [-0.15, -0.1) is 45.3 Å².